The highest BCUT2D eigenvalue weighted by Gasteiger charge is 2.41. The molecule has 0 bridgehead atoms. The van der Waals surface area contributed by atoms with Gasteiger partial charge in [-0.3, -0.25) is 29.0 Å². The van der Waals surface area contributed by atoms with Gasteiger partial charge < -0.3 is 10.2 Å². The van der Waals surface area contributed by atoms with Crippen LogP contribution in [0, 0.1) is 0 Å². The predicted molar refractivity (Wildman–Crippen MR) is 164 cm³/mol. The molecule has 2 saturated heterocycles. The summed E-state index contributed by atoms with van der Waals surface area (Å²) in [5, 5.41) is 19.4. The minimum atomic E-state index is -0.957. The number of carbonyl (C=O) groups is 4. The van der Waals surface area contributed by atoms with Crippen LogP contribution >= 0.6 is 68.3 Å². The first-order valence-electron chi connectivity index (χ1n) is 12.3. The molecule has 4 rings (SSSR count). The van der Waals surface area contributed by atoms with Gasteiger partial charge in [0.05, 0.1) is 10.7 Å². The number of halogens is 2. The SMILES string of the molecule is O=C(CCN1C(C(=O)O)CSC1c1ccccc1Cl)SSC(=O)CCN1C(C(=O)O)CSC1c1ccccc1Cl. The quantitative estimate of drug-likeness (QED) is 0.295. The molecule has 4 atom stereocenters. The summed E-state index contributed by atoms with van der Waals surface area (Å²) < 4.78 is 0. The lowest BCUT2D eigenvalue weighted by Gasteiger charge is -2.27. The number of carbonyl (C=O) groups excluding carboxylic acids is 2. The van der Waals surface area contributed by atoms with Crippen molar-refractivity contribution in [2.24, 2.45) is 0 Å². The molecule has 0 spiro atoms. The molecule has 2 heterocycles. The molecule has 2 fully saturated rings. The van der Waals surface area contributed by atoms with Crippen LogP contribution in [0.2, 0.25) is 10.0 Å². The smallest absolute Gasteiger partial charge is 0.321 e. The molecular formula is C26H26Cl2N2O6S4. The standard InChI is InChI=1S/C26H26Cl2N2O6S4/c27-17-7-3-1-5-15(17)23-29(19(13-37-23)25(33)34)11-9-21(31)39-40-22(32)10-12-30-20(26(35)36)14-38-24(30)16-6-2-4-8-18(16)28/h1-8,19-20,23-24H,9-14H2,(H,33,34)(H,35,36). The van der Waals surface area contributed by atoms with Crippen molar-refractivity contribution in [1.82, 2.24) is 9.80 Å². The molecule has 4 unspecified atom stereocenters. The van der Waals surface area contributed by atoms with Crippen LogP contribution in [-0.4, -0.2) is 78.9 Å². The average Bonchev–Trinajstić information content (AvgIpc) is 3.54. The molecular weight excluding hydrogens is 635 g/mol. The number of aliphatic carboxylic acids is 2. The minimum Gasteiger partial charge on any atom is -0.480 e. The van der Waals surface area contributed by atoms with Crippen molar-refractivity contribution in [3.63, 3.8) is 0 Å². The number of nitrogens with zero attached hydrogens (tertiary/aromatic N) is 2. The van der Waals surface area contributed by atoms with Gasteiger partial charge in [-0.2, -0.15) is 0 Å². The first-order chi connectivity index (χ1) is 19.2. The van der Waals surface area contributed by atoms with Crippen molar-refractivity contribution in [3.8, 4) is 0 Å². The molecule has 14 heteroatoms. The fraction of sp³-hybridized carbons (Fsp3) is 0.385. The van der Waals surface area contributed by atoms with Crippen LogP contribution in [0.5, 0.6) is 0 Å². The Balaban J connectivity index is 1.30. The van der Waals surface area contributed by atoms with Crippen molar-refractivity contribution in [1.29, 1.82) is 0 Å². The lowest BCUT2D eigenvalue weighted by Crippen LogP contribution is -2.40. The fourth-order valence-electron chi connectivity index (χ4n) is 4.55. The number of benzene rings is 2. The van der Waals surface area contributed by atoms with E-state index in [4.69, 9.17) is 23.2 Å². The lowest BCUT2D eigenvalue weighted by molar-refractivity contribution is -0.143. The van der Waals surface area contributed by atoms with E-state index in [1.54, 1.807) is 34.1 Å². The molecule has 2 aromatic carbocycles. The molecule has 0 aliphatic carbocycles. The summed E-state index contributed by atoms with van der Waals surface area (Å²) in [4.78, 5) is 52.5. The van der Waals surface area contributed by atoms with Gasteiger partial charge in [-0.15, -0.1) is 23.5 Å². The van der Waals surface area contributed by atoms with Crippen LogP contribution in [0.25, 0.3) is 0 Å². The Morgan fingerprint density at radius 1 is 0.725 bits per heavy atom. The summed E-state index contributed by atoms with van der Waals surface area (Å²) in [6, 6.07) is 13.0. The molecule has 8 nitrogen and oxygen atoms in total. The highest BCUT2D eigenvalue weighted by molar-refractivity contribution is 8.87. The van der Waals surface area contributed by atoms with Crippen LogP contribution in [0.3, 0.4) is 0 Å². The summed E-state index contributed by atoms with van der Waals surface area (Å²) in [5.41, 5.74) is 1.61. The Morgan fingerprint density at radius 3 is 1.45 bits per heavy atom. The molecule has 40 heavy (non-hydrogen) atoms. The number of carboxylic acids is 2. The summed E-state index contributed by atoms with van der Waals surface area (Å²) in [5.74, 6) is -1.16. The Labute approximate surface area is 258 Å². The van der Waals surface area contributed by atoms with E-state index in [0.29, 0.717) is 21.6 Å². The van der Waals surface area contributed by atoms with E-state index in [-0.39, 0.29) is 46.9 Å². The van der Waals surface area contributed by atoms with Crippen LogP contribution < -0.4 is 0 Å². The van der Waals surface area contributed by atoms with Gasteiger partial charge in [0.2, 0.25) is 10.2 Å². The van der Waals surface area contributed by atoms with E-state index in [1.807, 2.05) is 24.3 Å². The number of thioether (sulfide) groups is 2. The van der Waals surface area contributed by atoms with E-state index in [1.165, 1.54) is 23.5 Å². The van der Waals surface area contributed by atoms with Crippen molar-refractivity contribution in [2.75, 3.05) is 24.6 Å². The monoisotopic (exact) mass is 660 g/mol. The third-order valence-electron chi connectivity index (χ3n) is 6.52. The summed E-state index contributed by atoms with van der Waals surface area (Å²) in [6.45, 7) is 0.427. The van der Waals surface area contributed by atoms with Gasteiger partial charge >= 0.3 is 11.9 Å². The second kappa shape index (κ2) is 14.7. The van der Waals surface area contributed by atoms with E-state index in [2.05, 4.69) is 0 Å². The lowest BCUT2D eigenvalue weighted by atomic mass is 10.1. The van der Waals surface area contributed by atoms with Gasteiger partial charge in [-0.25, -0.2) is 0 Å². The van der Waals surface area contributed by atoms with E-state index in [9.17, 15) is 29.4 Å². The zero-order valence-electron chi connectivity index (χ0n) is 21.0. The Kier molecular flexibility index (Phi) is 11.6. The van der Waals surface area contributed by atoms with Crippen molar-refractivity contribution in [2.45, 2.75) is 35.7 Å². The Bertz CT molecular complexity index is 1180. The first-order valence-corrected chi connectivity index (χ1v) is 17.3. The molecule has 214 valence electrons. The van der Waals surface area contributed by atoms with Gasteiger partial charge in [0, 0.05) is 47.5 Å². The normalized spacial score (nSPS) is 23.4. The third-order valence-corrected chi connectivity index (χ3v) is 12.1. The van der Waals surface area contributed by atoms with E-state index >= 15 is 0 Å². The maximum absolute atomic E-state index is 12.6. The van der Waals surface area contributed by atoms with Crippen molar-refractivity contribution in [3.05, 3.63) is 69.7 Å². The number of carboxylic acid groups (broad SMARTS) is 2. The Morgan fingerprint density at radius 2 is 1.10 bits per heavy atom. The maximum atomic E-state index is 12.6. The summed E-state index contributed by atoms with van der Waals surface area (Å²) in [7, 11) is 1.65. The van der Waals surface area contributed by atoms with Gasteiger partial charge in [0.15, 0.2) is 0 Å². The number of hydrogen-bond acceptors (Lipinski definition) is 10. The van der Waals surface area contributed by atoms with E-state index < -0.39 is 24.0 Å². The number of rotatable bonds is 10. The largest absolute Gasteiger partial charge is 0.480 e. The van der Waals surface area contributed by atoms with E-state index in [0.717, 1.165) is 32.7 Å². The minimum absolute atomic E-state index is 0.0642. The van der Waals surface area contributed by atoms with Gasteiger partial charge in [0.25, 0.3) is 0 Å². The zero-order chi connectivity index (χ0) is 28.8. The molecule has 2 aliphatic rings. The number of hydrogen-bond donors (Lipinski definition) is 2. The third kappa shape index (κ3) is 7.71. The molecule has 2 N–H and O–H groups in total. The van der Waals surface area contributed by atoms with Crippen LogP contribution in [0.1, 0.15) is 34.7 Å². The second-order valence-corrected chi connectivity index (χ2v) is 14.3. The molecule has 2 aromatic rings. The highest BCUT2D eigenvalue weighted by atomic mass is 35.5. The molecule has 0 radical (unpaired) electrons. The molecule has 0 amide bonds. The first kappa shape index (κ1) is 31.6. The Hall–Kier alpha value is -1.38. The second-order valence-electron chi connectivity index (χ2n) is 9.01. The molecule has 2 aliphatic heterocycles. The van der Waals surface area contributed by atoms with Crippen LogP contribution in [0.15, 0.2) is 48.5 Å². The van der Waals surface area contributed by atoms with Crippen molar-refractivity contribution < 1.29 is 29.4 Å². The highest BCUT2D eigenvalue weighted by Crippen LogP contribution is 2.45. The van der Waals surface area contributed by atoms with Gasteiger partial charge in [-0.1, -0.05) is 59.6 Å². The average molecular weight is 662 g/mol. The zero-order valence-corrected chi connectivity index (χ0v) is 25.8. The fourth-order valence-corrected chi connectivity index (χ4v) is 9.81. The molecule has 0 aromatic heterocycles. The summed E-state index contributed by atoms with van der Waals surface area (Å²) >= 11 is 15.7. The predicted octanol–water partition coefficient (Wildman–Crippen LogP) is 5.91. The van der Waals surface area contributed by atoms with Gasteiger partial charge in [-0.05, 0) is 44.8 Å². The van der Waals surface area contributed by atoms with Gasteiger partial charge in [0.1, 0.15) is 12.1 Å². The summed E-state index contributed by atoms with van der Waals surface area (Å²) in [6.07, 6.45) is 0.128. The van der Waals surface area contributed by atoms with Crippen LogP contribution in [0.4, 0.5) is 0 Å². The molecule has 0 saturated carbocycles. The van der Waals surface area contributed by atoms with Crippen molar-refractivity contribution >= 4 is 90.5 Å². The maximum Gasteiger partial charge on any atom is 0.321 e. The topological polar surface area (TPSA) is 115 Å². The van der Waals surface area contributed by atoms with Crippen LogP contribution in [-0.2, 0) is 19.2 Å².